The van der Waals surface area contributed by atoms with E-state index < -0.39 is 55.4 Å². The summed E-state index contributed by atoms with van der Waals surface area (Å²) in [4.78, 5) is 25.2. The molecule has 0 aromatic rings. The number of carbonyl (C=O) groups is 2. The number of rotatable bonds is 34. The molecule has 0 radical (unpaired) electrons. The van der Waals surface area contributed by atoms with Crippen LogP contribution in [0.1, 0.15) is 155 Å². The molecule has 55 heavy (non-hydrogen) atoms. The first-order chi connectivity index (χ1) is 26.8. The first-order valence-corrected chi connectivity index (χ1v) is 21.4. The number of aliphatic hydroxyl groups is 4. The minimum absolute atomic E-state index is 0.188. The van der Waals surface area contributed by atoms with Crippen LogP contribution in [0.25, 0.3) is 0 Å². The Balaban J connectivity index is 2.42. The fourth-order valence-corrected chi connectivity index (χ4v) is 6.12. The highest BCUT2D eigenvalue weighted by Crippen LogP contribution is 2.22. The lowest BCUT2D eigenvalue weighted by Gasteiger charge is -2.39. The van der Waals surface area contributed by atoms with Gasteiger partial charge in [-0.3, -0.25) is 4.79 Å². The summed E-state index contributed by atoms with van der Waals surface area (Å²) in [7, 11) is 0. The average molecular weight is 777 g/mol. The maximum atomic E-state index is 12.7. The van der Waals surface area contributed by atoms with Crippen LogP contribution in [0.2, 0.25) is 0 Å². The summed E-state index contributed by atoms with van der Waals surface area (Å²) in [6.45, 7) is 3.16. The van der Waals surface area contributed by atoms with Crippen LogP contribution >= 0.6 is 0 Å². The van der Waals surface area contributed by atoms with Crippen LogP contribution in [0.5, 0.6) is 0 Å². The highest BCUT2D eigenvalue weighted by molar-refractivity contribution is 5.82. The molecule has 1 aliphatic rings. The Bertz CT molecular complexity index is 1080. The number of carbonyl (C=O) groups excluding carboxylic acids is 2. The molecule has 1 fully saturated rings. The number of aliphatic hydroxyl groups excluding tert-OH is 4. The SMILES string of the molecule is CC/C=C/C/C=C/C/C=C/CCCCCCCC(=O)O[C@@H](COC(=O)/C=C/C=C/CCCCCCCCCCCCC)CO[C@H]1O[C@@H](CO)[C@@H](O)C(O)C1O. The molecule has 1 heterocycles. The number of ether oxygens (including phenoxy) is 4. The highest BCUT2D eigenvalue weighted by atomic mass is 16.7. The number of esters is 2. The topological polar surface area (TPSA) is 152 Å². The molecule has 1 saturated heterocycles. The lowest BCUT2D eigenvalue weighted by molar-refractivity contribution is -0.305. The maximum absolute atomic E-state index is 12.7. The second-order valence-electron chi connectivity index (χ2n) is 14.5. The lowest BCUT2D eigenvalue weighted by atomic mass is 9.99. The van der Waals surface area contributed by atoms with Crippen molar-refractivity contribution in [1.29, 1.82) is 0 Å². The van der Waals surface area contributed by atoms with Gasteiger partial charge in [0, 0.05) is 12.5 Å². The van der Waals surface area contributed by atoms with E-state index in [0.717, 1.165) is 64.2 Å². The molecule has 0 aromatic heterocycles. The van der Waals surface area contributed by atoms with E-state index in [1.54, 1.807) is 6.08 Å². The Kier molecular flexibility index (Phi) is 32.8. The molecule has 2 unspecified atom stereocenters. The van der Waals surface area contributed by atoms with E-state index in [1.165, 1.54) is 70.3 Å². The van der Waals surface area contributed by atoms with Crippen LogP contribution < -0.4 is 0 Å². The third-order valence-corrected chi connectivity index (χ3v) is 9.49. The predicted molar refractivity (Wildman–Crippen MR) is 219 cm³/mol. The minimum Gasteiger partial charge on any atom is -0.458 e. The molecule has 10 nitrogen and oxygen atoms in total. The van der Waals surface area contributed by atoms with Crippen molar-refractivity contribution in [2.45, 2.75) is 192 Å². The Morgan fingerprint density at radius 2 is 1.20 bits per heavy atom. The van der Waals surface area contributed by atoms with Crippen LogP contribution in [0.15, 0.2) is 60.8 Å². The number of hydrogen-bond acceptors (Lipinski definition) is 10. The van der Waals surface area contributed by atoms with Crippen molar-refractivity contribution < 1.29 is 49.0 Å². The summed E-state index contributed by atoms with van der Waals surface area (Å²) in [5.74, 6) is -1.08. The van der Waals surface area contributed by atoms with Crippen LogP contribution in [0, 0.1) is 0 Å². The number of hydrogen-bond donors (Lipinski definition) is 4. The van der Waals surface area contributed by atoms with Gasteiger partial charge in [-0.2, -0.15) is 0 Å². The van der Waals surface area contributed by atoms with Crippen molar-refractivity contribution in [2.24, 2.45) is 0 Å². The molecule has 1 rings (SSSR count). The van der Waals surface area contributed by atoms with Gasteiger partial charge in [-0.05, 0) is 51.4 Å². The van der Waals surface area contributed by atoms with Gasteiger partial charge < -0.3 is 39.4 Å². The normalized spacial score (nSPS) is 21.2. The average Bonchev–Trinajstić information content (AvgIpc) is 3.18. The molecule has 10 heteroatoms. The zero-order chi connectivity index (χ0) is 40.2. The largest absolute Gasteiger partial charge is 0.458 e. The summed E-state index contributed by atoms with van der Waals surface area (Å²) in [5, 5.41) is 40.0. The van der Waals surface area contributed by atoms with E-state index in [9.17, 15) is 30.0 Å². The summed E-state index contributed by atoms with van der Waals surface area (Å²) in [5.41, 5.74) is 0. The van der Waals surface area contributed by atoms with Gasteiger partial charge in [0.05, 0.1) is 13.2 Å². The molecule has 0 saturated carbocycles. The molecular weight excluding hydrogens is 700 g/mol. The third-order valence-electron chi connectivity index (χ3n) is 9.49. The first kappa shape index (κ1) is 50.4. The molecule has 0 spiro atoms. The lowest BCUT2D eigenvalue weighted by Crippen LogP contribution is -2.59. The van der Waals surface area contributed by atoms with E-state index in [4.69, 9.17) is 18.9 Å². The van der Waals surface area contributed by atoms with Crippen molar-refractivity contribution in [3.8, 4) is 0 Å². The van der Waals surface area contributed by atoms with Gasteiger partial charge in [-0.25, -0.2) is 4.79 Å². The molecule has 0 amide bonds. The second-order valence-corrected chi connectivity index (χ2v) is 14.5. The van der Waals surface area contributed by atoms with Crippen LogP contribution in [-0.2, 0) is 28.5 Å². The zero-order valence-corrected chi connectivity index (χ0v) is 34.2. The minimum atomic E-state index is -1.61. The monoisotopic (exact) mass is 777 g/mol. The standard InChI is InChI=1S/C45H76O10/c1-3-5-7-9-11-13-15-17-19-21-23-25-27-29-31-33-40(47)52-36-38(37-53-45-44(51)43(50)42(49)39(35-46)55-45)54-41(48)34-32-30-28-26-24-22-20-18-16-14-12-10-8-6-4-2/h6,8,12,14,18,20,27,29,31,33,38-39,42-46,49-51H,3-5,7,9-11,13,15-17,19,21-26,28,30,32,34-37H2,1-2H3/b8-6+,14-12+,20-18+,29-27+,33-31+/t38-,39-,42+,43?,44?,45-/m0/s1. The summed E-state index contributed by atoms with van der Waals surface area (Å²) in [6.07, 6.45) is 35.7. The number of allylic oxidation sites excluding steroid dienone is 9. The van der Waals surface area contributed by atoms with E-state index in [2.05, 4.69) is 50.3 Å². The summed E-state index contributed by atoms with van der Waals surface area (Å²) < 4.78 is 21.9. The molecule has 6 atom stereocenters. The van der Waals surface area contributed by atoms with Gasteiger partial charge in [0.15, 0.2) is 12.4 Å². The van der Waals surface area contributed by atoms with Gasteiger partial charge >= 0.3 is 11.9 Å². The van der Waals surface area contributed by atoms with Crippen LogP contribution in [0.3, 0.4) is 0 Å². The maximum Gasteiger partial charge on any atom is 0.330 e. The van der Waals surface area contributed by atoms with Gasteiger partial charge in [0.2, 0.25) is 0 Å². The molecule has 4 N–H and O–H groups in total. The predicted octanol–water partition coefficient (Wildman–Crippen LogP) is 8.66. The number of unbranched alkanes of at least 4 members (excludes halogenated alkanes) is 16. The second kappa shape index (κ2) is 35.8. The van der Waals surface area contributed by atoms with Crippen LogP contribution in [-0.4, -0.2) is 89.0 Å². The van der Waals surface area contributed by atoms with Gasteiger partial charge in [-0.15, -0.1) is 0 Å². The smallest absolute Gasteiger partial charge is 0.330 e. The Labute approximate surface area is 332 Å². The quantitative estimate of drug-likeness (QED) is 0.0164. The fourth-order valence-electron chi connectivity index (χ4n) is 6.12. The molecule has 316 valence electrons. The van der Waals surface area contributed by atoms with Crippen LogP contribution in [0.4, 0.5) is 0 Å². The zero-order valence-electron chi connectivity index (χ0n) is 34.2. The van der Waals surface area contributed by atoms with Crippen molar-refractivity contribution in [3.63, 3.8) is 0 Å². The van der Waals surface area contributed by atoms with Gasteiger partial charge in [-0.1, -0.05) is 152 Å². The molecule has 1 aliphatic heterocycles. The Morgan fingerprint density at radius 1 is 0.636 bits per heavy atom. The Morgan fingerprint density at radius 3 is 1.82 bits per heavy atom. The van der Waals surface area contributed by atoms with Crippen molar-refractivity contribution in [3.05, 3.63) is 60.8 Å². The van der Waals surface area contributed by atoms with E-state index >= 15 is 0 Å². The van der Waals surface area contributed by atoms with Crippen molar-refractivity contribution in [1.82, 2.24) is 0 Å². The summed E-state index contributed by atoms with van der Waals surface area (Å²) in [6, 6.07) is 0. The molecule has 0 bridgehead atoms. The van der Waals surface area contributed by atoms with E-state index in [0.29, 0.717) is 6.42 Å². The Hall–Kier alpha value is -2.60. The van der Waals surface area contributed by atoms with Crippen molar-refractivity contribution in [2.75, 3.05) is 19.8 Å². The van der Waals surface area contributed by atoms with E-state index in [1.807, 2.05) is 12.2 Å². The third kappa shape index (κ3) is 27.6. The molecular formula is C45H76O10. The first-order valence-electron chi connectivity index (χ1n) is 21.4. The van der Waals surface area contributed by atoms with Crippen molar-refractivity contribution >= 4 is 11.9 Å². The highest BCUT2D eigenvalue weighted by Gasteiger charge is 2.44. The van der Waals surface area contributed by atoms with E-state index in [-0.39, 0.29) is 19.6 Å². The molecule has 0 aromatic carbocycles. The fraction of sp³-hybridized carbons (Fsp3) is 0.733. The van der Waals surface area contributed by atoms with Gasteiger partial charge in [0.1, 0.15) is 31.0 Å². The summed E-state index contributed by atoms with van der Waals surface area (Å²) >= 11 is 0. The molecule has 0 aliphatic carbocycles. The van der Waals surface area contributed by atoms with Gasteiger partial charge in [0.25, 0.3) is 0 Å².